The van der Waals surface area contributed by atoms with Crippen LogP contribution in [0.1, 0.15) is 24.8 Å². The second kappa shape index (κ2) is 7.26. The van der Waals surface area contributed by atoms with E-state index in [0.29, 0.717) is 13.2 Å². The van der Waals surface area contributed by atoms with Crippen LogP contribution in [0.15, 0.2) is 30.3 Å². The molecule has 0 spiro atoms. The van der Waals surface area contributed by atoms with Crippen molar-refractivity contribution in [1.29, 1.82) is 0 Å². The molecule has 2 N–H and O–H groups in total. The van der Waals surface area contributed by atoms with Gasteiger partial charge in [-0.05, 0) is 24.8 Å². The average molecular weight is 279 g/mol. The number of aliphatic hydroxyl groups is 1. The Morgan fingerprint density at radius 3 is 2.65 bits per heavy atom. The Hall–Kier alpha value is -1.59. The highest BCUT2D eigenvalue weighted by atomic mass is 16.5. The maximum Gasteiger partial charge on any atom is 0.407 e. The Balaban J connectivity index is 1.69. The van der Waals surface area contributed by atoms with Gasteiger partial charge in [0.2, 0.25) is 0 Å². The molecule has 1 aliphatic carbocycles. The number of rotatable bonds is 7. The molecule has 0 aromatic heterocycles. The van der Waals surface area contributed by atoms with Crippen LogP contribution in [0.3, 0.4) is 0 Å². The molecule has 5 heteroatoms. The molecule has 1 fully saturated rings. The fraction of sp³-hybridized carbons (Fsp3) is 0.533. The van der Waals surface area contributed by atoms with Crippen LogP contribution in [0.4, 0.5) is 4.79 Å². The van der Waals surface area contributed by atoms with Crippen LogP contribution >= 0.6 is 0 Å². The standard InChI is InChI=1S/C15H21NO4/c17-9-10-20-15(7-4-8-15)12-16-14(18)19-11-13-5-2-1-3-6-13/h1-3,5-6,17H,4,7-12H2,(H,16,18). The third-order valence-corrected chi connectivity index (χ3v) is 3.53. The van der Waals surface area contributed by atoms with Crippen LogP contribution in [-0.2, 0) is 16.1 Å². The zero-order valence-electron chi connectivity index (χ0n) is 11.5. The predicted octanol–water partition coefficient (Wildman–Crippen LogP) is 1.84. The number of aliphatic hydroxyl groups excluding tert-OH is 1. The fourth-order valence-corrected chi connectivity index (χ4v) is 2.21. The van der Waals surface area contributed by atoms with Crippen molar-refractivity contribution in [3.8, 4) is 0 Å². The summed E-state index contributed by atoms with van der Waals surface area (Å²) in [6, 6.07) is 9.55. The zero-order valence-corrected chi connectivity index (χ0v) is 11.5. The van der Waals surface area contributed by atoms with Crippen LogP contribution in [0.25, 0.3) is 0 Å². The van der Waals surface area contributed by atoms with Crippen LogP contribution in [0, 0.1) is 0 Å². The van der Waals surface area contributed by atoms with Gasteiger partial charge in [0, 0.05) is 6.54 Å². The minimum atomic E-state index is -0.437. The summed E-state index contributed by atoms with van der Waals surface area (Å²) in [6.45, 7) is 0.999. The monoisotopic (exact) mass is 279 g/mol. The Labute approximate surface area is 118 Å². The summed E-state index contributed by atoms with van der Waals surface area (Å²) in [5, 5.41) is 11.5. The smallest absolute Gasteiger partial charge is 0.407 e. The number of carbonyl (C=O) groups is 1. The third kappa shape index (κ3) is 4.21. The second-order valence-corrected chi connectivity index (χ2v) is 5.02. The van der Waals surface area contributed by atoms with Gasteiger partial charge in [0.05, 0.1) is 18.8 Å². The molecule has 5 nitrogen and oxygen atoms in total. The fourth-order valence-electron chi connectivity index (χ4n) is 2.21. The van der Waals surface area contributed by atoms with Crippen molar-refractivity contribution in [3.05, 3.63) is 35.9 Å². The maximum absolute atomic E-state index is 11.6. The summed E-state index contributed by atoms with van der Waals surface area (Å²) in [4.78, 5) is 11.6. The van der Waals surface area contributed by atoms with E-state index in [1.807, 2.05) is 30.3 Å². The molecule has 0 bridgehead atoms. The highest BCUT2D eigenvalue weighted by molar-refractivity contribution is 5.67. The van der Waals surface area contributed by atoms with Gasteiger partial charge in [-0.15, -0.1) is 0 Å². The van der Waals surface area contributed by atoms with E-state index in [9.17, 15) is 4.79 Å². The molecule has 0 heterocycles. The van der Waals surface area contributed by atoms with Gasteiger partial charge in [-0.1, -0.05) is 30.3 Å². The largest absolute Gasteiger partial charge is 0.445 e. The minimum Gasteiger partial charge on any atom is -0.445 e. The number of nitrogens with one attached hydrogen (secondary N) is 1. The zero-order chi connectivity index (χ0) is 14.3. The molecule has 1 aromatic rings. The molecule has 1 saturated carbocycles. The lowest BCUT2D eigenvalue weighted by atomic mass is 9.80. The average Bonchev–Trinajstić information content (AvgIpc) is 2.45. The number of amides is 1. The molecule has 0 atom stereocenters. The molecule has 0 radical (unpaired) electrons. The Kier molecular flexibility index (Phi) is 5.38. The molecule has 2 rings (SSSR count). The van der Waals surface area contributed by atoms with Crippen molar-refractivity contribution < 1.29 is 19.4 Å². The summed E-state index contributed by atoms with van der Waals surface area (Å²) in [5.74, 6) is 0. The maximum atomic E-state index is 11.6. The molecule has 110 valence electrons. The minimum absolute atomic E-state index is 0.000202. The molecule has 0 saturated heterocycles. The molecule has 0 unspecified atom stereocenters. The Morgan fingerprint density at radius 2 is 2.05 bits per heavy atom. The lowest BCUT2D eigenvalue weighted by Crippen LogP contribution is -2.50. The number of carbonyl (C=O) groups excluding carboxylic acids is 1. The summed E-state index contributed by atoms with van der Waals surface area (Å²) in [7, 11) is 0. The van der Waals surface area contributed by atoms with Crippen LogP contribution in [0.5, 0.6) is 0 Å². The lowest BCUT2D eigenvalue weighted by Gasteiger charge is -2.41. The topological polar surface area (TPSA) is 67.8 Å². The normalized spacial score (nSPS) is 16.2. The van der Waals surface area contributed by atoms with Crippen LogP contribution < -0.4 is 5.32 Å². The van der Waals surface area contributed by atoms with Gasteiger partial charge in [-0.3, -0.25) is 0 Å². The first-order valence-corrected chi connectivity index (χ1v) is 6.93. The first kappa shape index (κ1) is 14.8. The lowest BCUT2D eigenvalue weighted by molar-refractivity contribution is -0.105. The molecule has 20 heavy (non-hydrogen) atoms. The van der Waals surface area contributed by atoms with Gasteiger partial charge in [0.1, 0.15) is 6.61 Å². The van der Waals surface area contributed by atoms with E-state index in [2.05, 4.69) is 5.32 Å². The summed E-state index contributed by atoms with van der Waals surface area (Å²) in [5.41, 5.74) is 0.645. The molecule has 0 aliphatic heterocycles. The van der Waals surface area contributed by atoms with E-state index in [0.717, 1.165) is 24.8 Å². The second-order valence-electron chi connectivity index (χ2n) is 5.02. The molecule has 1 aliphatic rings. The number of alkyl carbamates (subject to hydrolysis) is 1. The first-order valence-electron chi connectivity index (χ1n) is 6.93. The summed E-state index contributed by atoms with van der Waals surface area (Å²) >= 11 is 0. The van der Waals surface area contributed by atoms with Gasteiger partial charge < -0.3 is 19.9 Å². The van der Waals surface area contributed by atoms with Gasteiger partial charge in [-0.2, -0.15) is 0 Å². The van der Waals surface area contributed by atoms with Gasteiger partial charge in [0.25, 0.3) is 0 Å². The van der Waals surface area contributed by atoms with E-state index in [1.54, 1.807) is 0 Å². The van der Waals surface area contributed by atoms with E-state index < -0.39 is 6.09 Å². The van der Waals surface area contributed by atoms with Crippen molar-refractivity contribution in [2.75, 3.05) is 19.8 Å². The van der Waals surface area contributed by atoms with Crippen molar-refractivity contribution in [1.82, 2.24) is 5.32 Å². The molecule has 1 aromatic carbocycles. The molecular weight excluding hydrogens is 258 g/mol. The third-order valence-electron chi connectivity index (χ3n) is 3.53. The Bertz CT molecular complexity index is 417. The van der Waals surface area contributed by atoms with Crippen molar-refractivity contribution in [2.24, 2.45) is 0 Å². The van der Waals surface area contributed by atoms with Crippen LogP contribution in [0.2, 0.25) is 0 Å². The number of hydrogen-bond acceptors (Lipinski definition) is 4. The van der Waals surface area contributed by atoms with E-state index in [-0.39, 0.29) is 18.8 Å². The van der Waals surface area contributed by atoms with Crippen LogP contribution in [-0.4, -0.2) is 36.6 Å². The predicted molar refractivity (Wildman–Crippen MR) is 74.2 cm³/mol. The summed E-state index contributed by atoms with van der Waals surface area (Å²) in [6.07, 6.45) is 2.47. The number of hydrogen-bond donors (Lipinski definition) is 2. The Morgan fingerprint density at radius 1 is 1.30 bits per heavy atom. The van der Waals surface area contributed by atoms with Crippen molar-refractivity contribution in [2.45, 2.75) is 31.5 Å². The highest BCUT2D eigenvalue weighted by Gasteiger charge is 2.38. The number of ether oxygens (including phenoxy) is 2. The quantitative estimate of drug-likeness (QED) is 0.799. The van der Waals surface area contributed by atoms with E-state index in [4.69, 9.17) is 14.6 Å². The van der Waals surface area contributed by atoms with E-state index >= 15 is 0 Å². The van der Waals surface area contributed by atoms with Crippen molar-refractivity contribution >= 4 is 6.09 Å². The first-order chi connectivity index (χ1) is 9.74. The van der Waals surface area contributed by atoms with Gasteiger partial charge >= 0.3 is 6.09 Å². The van der Waals surface area contributed by atoms with Gasteiger partial charge in [0.15, 0.2) is 0 Å². The van der Waals surface area contributed by atoms with Crippen molar-refractivity contribution in [3.63, 3.8) is 0 Å². The number of benzene rings is 1. The molecular formula is C15H21NO4. The van der Waals surface area contributed by atoms with Gasteiger partial charge in [-0.25, -0.2) is 4.79 Å². The SMILES string of the molecule is O=C(NCC1(OCCO)CCC1)OCc1ccccc1. The molecule has 1 amide bonds. The van der Waals surface area contributed by atoms with E-state index in [1.165, 1.54) is 0 Å². The highest BCUT2D eigenvalue weighted by Crippen LogP contribution is 2.34. The summed E-state index contributed by atoms with van der Waals surface area (Å²) < 4.78 is 10.7.